The van der Waals surface area contributed by atoms with E-state index in [1.165, 1.54) is 18.2 Å². The topological polar surface area (TPSA) is 35.5 Å². The van der Waals surface area contributed by atoms with Crippen LogP contribution in [0, 0.1) is 40.8 Å². The number of halogens is 6. The second-order valence-electron chi connectivity index (χ2n) is 12.1. The van der Waals surface area contributed by atoms with Gasteiger partial charge in [0.05, 0.1) is 12.5 Å². The summed E-state index contributed by atoms with van der Waals surface area (Å²) in [5, 5.41) is 0. The zero-order chi connectivity index (χ0) is 33.7. The van der Waals surface area contributed by atoms with Gasteiger partial charge in [-0.25, -0.2) is 22.0 Å². The fraction of sp³-hybridized carbons (Fsp3) is 0.395. The van der Waals surface area contributed by atoms with E-state index in [1.54, 1.807) is 25.1 Å². The minimum atomic E-state index is -1.32. The number of rotatable bonds is 10. The van der Waals surface area contributed by atoms with Crippen molar-refractivity contribution >= 4 is 11.5 Å². The summed E-state index contributed by atoms with van der Waals surface area (Å²) >= 11 is 0. The van der Waals surface area contributed by atoms with E-state index in [1.807, 2.05) is 19.1 Å². The van der Waals surface area contributed by atoms with Crippen LogP contribution in [-0.4, -0.2) is 18.7 Å². The molecular weight excluding hydrogens is 618 g/mol. The monoisotopic (exact) mass is 656 g/mol. The molecule has 0 aliphatic heterocycles. The Morgan fingerprint density at radius 1 is 0.787 bits per heavy atom. The average Bonchev–Trinajstić information content (AvgIpc) is 3.07. The van der Waals surface area contributed by atoms with Crippen LogP contribution in [0.25, 0.3) is 16.7 Å². The molecule has 1 saturated carbocycles. The lowest BCUT2D eigenvalue weighted by Crippen LogP contribution is -2.28. The summed E-state index contributed by atoms with van der Waals surface area (Å²) in [6.07, 6.45) is 9.22. The molecule has 3 aromatic carbocycles. The number of carbonyl (C=O) groups excluding carboxylic acids is 1. The molecule has 9 heteroatoms. The highest BCUT2D eigenvalue weighted by molar-refractivity contribution is 5.73. The maximum atomic E-state index is 15.3. The third-order valence-electron chi connectivity index (χ3n) is 9.22. The zero-order valence-corrected chi connectivity index (χ0v) is 26.5. The number of hydrogen-bond acceptors (Lipinski definition) is 3. The summed E-state index contributed by atoms with van der Waals surface area (Å²) in [4.78, 5) is 13.0. The number of aryl methyl sites for hydroxylation is 1. The molecule has 47 heavy (non-hydrogen) atoms. The normalized spacial score (nSPS) is 19.9. The maximum absolute atomic E-state index is 15.3. The van der Waals surface area contributed by atoms with Gasteiger partial charge in [0, 0.05) is 23.1 Å². The van der Waals surface area contributed by atoms with Crippen molar-refractivity contribution in [1.82, 2.24) is 0 Å². The van der Waals surface area contributed by atoms with Crippen LogP contribution in [0.5, 0.6) is 5.75 Å². The van der Waals surface area contributed by atoms with E-state index >= 15 is 8.78 Å². The van der Waals surface area contributed by atoms with Crippen molar-refractivity contribution < 1.29 is 40.6 Å². The largest absolute Gasteiger partial charge is 0.491 e. The van der Waals surface area contributed by atoms with Gasteiger partial charge in [-0.3, -0.25) is 4.79 Å². The number of allylic oxidation sites excluding steroid dienone is 3. The third kappa shape index (κ3) is 7.44. The lowest BCUT2D eigenvalue weighted by molar-refractivity contribution is -0.155. The van der Waals surface area contributed by atoms with E-state index in [2.05, 4.69) is 0 Å². The van der Waals surface area contributed by atoms with Gasteiger partial charge in [-0.15, -0.1) is 0 Å². The SMILES string of the molecule is C/C=C/CCc1ccc(C2=CCC(OC(=O)C3CCC(c4ccc(-c5ccc(OCC)c(F)c5F)c(F)c4F)CC3)CC2)c(F)c1F. The lowest BCUT2D eigenvalue weighted by atomic mass is 9.78. The second-order valence-corrected chi connectivity index (χ2v) is 12.1. The number of esters is 1. The third-order valence-corrected chi connectivity index (χ3v) is 9.22. The van der Waals surface area contributed by atoms with Crippen LogP contribution in [0.2, 0.25) is 0 Å². The molecule has 0 heterocycles. The van der Waals surface area contributed by atoms with Crippen LogP contribution in [-0.2, 0) is 16.0 Å². The standard InChI is InChI=1S/C38H38F6O3/c1-3-5-6-7-24-14-17-27(33(40)32(24)39)23-12-15-26(16-13-23)47-38(45)25-10-8-22(9-11-25)28-18-19-29(35(42)34(28)41)30-20-21-31(46-4-2)37(44)36(30)43/h3,5,12,14,17-22,25-26H,4,6-11,13,15-16H2,1-2H3/b5-3+. The van der Waals surface area contributed by atoms with Crippen molar-refractivity contribution in [3.63, 3.8) is 0 Å². The van der Waals surface area contributed by atoms with Gasteiger partial charge in [-0.05, 0) is 100.0 Å². The van der Waals surface area contributed by atoms with Crippen molar-refractivity contribution in [2.75, 3.05) is 6.61 Å². The van der Waals surface area contributed by atoms with Crippen LogP contribution in [0.4, 0.5) is 26.3 Å². The Morgan fingerprint density at radius 2 is 1.45 bits per heavy atom. The van der Waals surface area contributed by atoms with Crippen LogP contribution in [0.1, 0.15) is 87.8 Å². The molecule has 250 valence electrons. The Balaban J connectivity index is 1.16. The highest BCUT2D eigenvalue weighted by atomic mass is 19.2. The Labute approximate surface area is 271 Å². The summed E-state index contributed by atoms with van der Waals surface area (Å²) in [7, 11) is 0. The number of hydrogen-bond donors (Lipinski definition) is 0. The Hall–Kier alpha value is -4.01. The van der Waals surface area contributed by atoms with Crippen LogP contribution >= 0.6 is 0 Å². The smallest absolute Gasteiger partial charge is 0.309 e. The number of carbonyl (C=O) groups is 1. The van der Waals surface area contributed by atoms with Gasteiger partial charge >= 0.3 is 5.97 Å². The Morgan fingerprint density at radius 3 is 2.11 bits per heavy atom. The Bertz CT molecular complexity index is 1670. The summed E-state index contributed by atoms with van der Waals surface area (Å²) in [5.74, 6) is -8.08. The minimum Gasteiger partial charge on any atom is -0.491 e. The van der Waals surface area contributed by atoms with E-state index < -0.39 is 51.9 Å². The van der Waals surface area contributed by atoms with Gasteiger partial charge in [0.25, 0.3) is 0 Å². The van der Waals surface area contributed by atoms with Crippen molar-refractivity contribution in [3.8, 4) is 16.9 Å². The van der Waals surface area contributed by atoms with Gasteiger partial charge in [0.1, 0.15) is 6.10 Å². The number of ether oxygens (including phenoxy) is 2. The highest BCUT2D eigenvalue weighted by Crippen LogP contribution is 2.41. The van der Waals surface area contributed by atoms with Gasteiger partial charge in [-0.1, -0.05) is 42.5 Å². The molecule has 1 fully saturated rings. The molecule has 2 aliphatic rings. The van der Waals surface area contributed by atoms with Crippen LogP contribution in [0.15, 0.2) is 54.6 Å². The summed E-state index contributed by atoms with van der Waals surface area (Å²) < 4.78 is 99.8. The molecule has 0 saturated heterocycles. The molecule has 1 atom stereocenters. The first-order chi connectivity index (χ1) is 22.6. The maximum Gasteiger partial charge on any atom is 0.309 e. The van der Waals surface area contributed by atoms with Crippen molar-refractivity contribution in [2.24, 2.45) is 5.92 Å². The van der Waals surface area contributed by atoms with Gasteiger partial charge in [-0.2, -0.15) is 4.39 Å². The number of benzene rings is 3. The molecule has 3 nitrogen and oxygen atoms in total. The first-order valence-electron chi connectivity index (χ1n) is 16.2. The van der Waals surface area contributed by atoms with Gasteiger partial charge in [0.15, 0.2) is 34.8 Å². The van der Waals surface area contributed by atoms with Crippen molar-refractivity contribution in [1.29, 1.82) is 0 Å². The van der Waals surface area contributed by atoms with Crippen LogP contribution in [0.3, 0.4) is 0 Å². The Kier molecular flexibility index (Phi) is 11.1. The molecule has 0 bridgehead atoms. The van der Waals surface area contributed by atoms with Crippen LogP contribution < -0.4 is 4.74 Å². The second kappa shape index (κ2) is 15.3. The molecule has 0 aromatic heterocycles. The minimum absolute atomic E-state index is 0.116. The summed E-state index contributed by atoms with van der Waals surface area (Å²) in [6, 6.07) is 8.21. The predicted octanol–water partition coefficient (Wildman–Crippen LogP) is 10.5. The van der Waals surface area contributed by atoms with E-state index in [0.29, 0.717) is 68.9 Å². The van der Waals surface area contributed by atoms with Gasteiger partial charge < -0.3 is 9.47 Å². The fourth-order valence-corrected chi connectivity index (χ4v) is 6.59. The van der Waals surface area contributed by atoms with Crippen molar-refractivity contribution in [3.05, 3.63) is 106 Å². The van der Waals surface area contributed by atoms with E-state index in [0.717, 1.165) is 6.07 Å². The molecule has 0 N–H and O–H groups in total. The molecule has 0 spiro atoms. The molecule has 5 rings (SSSR count). The molecule has 1 unspecified atom stereocenters. The highest BCUT2D eigenvalue weighted by Gasteiger charge is 2.33. The molecule has 2 aliphatic carbocycles. The molecule has 0 radical (unpaired) electrons. The first kappa shape index (κ1) is 34.3. The lowest BCUT2D eigenvalue weighted by Gasteiger charge is -2.30. The molecule has 0 amide bonds. The average molecular weight is 657 g/mol. The van der Waals surface area contributed by atoms with E-state index in [9.17, 15) is 22.4 Å². The molecular formula is C38H38F6O3. The first-order valence-corrected chi connectivity index (χ1v) is 16.2. The summed E-state index contributed by atoms with van der Waals surface area (Å²) in [6.45, 7) is 3.60. The summed E-state index contributed by atoms with van der Waals surface area (Å²) in [5.41, 5.74) is 0.583. The van der Waals surface area contributed by atoms with Crippen molar-refractivity contribution in [2.45, 2.75) is 83.7 Å². The van der Waals surface area contributed by atoms with E-state index in [4.69, 9.17) is 9.47 Å². The predicted molar refractivity (Wildman–Crippen MR) is 169 cm³/mol. The molecule has 3 aromatic rings. The zero-order valence-electron chi connectivity index (χ0n) is 26.5. The van der Waals surface area contributed by atoms with Gasteiger partial charge in [0.2, 0.25) is 5.82 Å². The quantitative estimate of drug-likeness (QED) is 0.124. The van der Waals surface area contributed by atoms with E-state index in [-0.39, 0.29) is 41.5 Å². The fourth-order valence-electron chi connectivity index (χ4n) is 6.59.